The highest BCUT2D eigenvalue weighted by Gasteiger charge is 2.35. The second kappa shape index (κ2) is 9.13. The first kappa shape index (κ1) is 20.9. The molecular formula is C22H20N2O6. The van der Waals surface area contributed by atoms with Crippen LogP contribution in [0.15, 0.2) is 54.6 Å². The third kappa shape index (κ3) is 4.96. The van der Waals surface area contributed by atoms with Gasteiger partial charge >= 0.3 is 5.97 Å². The van der Waals surface area contributed by atoms with Crippen molar-refractivity contribution in [1.82, 2.24) is 10.4 Å². The van der Waals surface area contributed by atoms with Gasteiger partial charge in [-0.05, 0) is 5.56 Å². The minimum atomic E-state index is -1.10. The second-order valence-corrected chi connectivity index (χ2v) is 6.84. The van der Waals surface area contributed by atoms with Gasteiger partial charge in [0.2, 0.25) is 5.91 Å². The summed E-state index contributed by atoms with van der Waals surface area (Å²) >= 11 is 0. The van der Waals surface area contributed by atoms with Gasteiger partial charge in [-0.15, -0.1) is 5.06 Å². The Morgan fingerprint density at radius 2 is 1.50 bits per heavy atom. The highest BCUT2D eigenvalue weighted by Crippen LogP contribution is 2.15. The van der Waals surface area contributed by atoms with Crippen LogP contribution in [-0.4, -0.2) is 40.6 Å². The summed E-state index contributed by atoms with van der Waals surface area (Å²) in [4.78, 5) is 64.7. The normalized spacial score (nSPS) is 14.4. The van der Waals surface area contributed by atoms with Gasteiger partial charge in [0.15, 0.2) is 5.78 Å². The van der Waals surface area contributed by atoms with Crippen LogP contribution in [0.5, 0.6) is 0 Å². The molecule has 1 N–H and O–H groups in total. The van der Waals surface area contributed by atoms with Crippen molar-refractivity contribution in [3.63, 3.8) is 0 Å². The van der Waals surface area contributed by atoms with E-state index in [0.717, 1.165) is 0 Å². The first-order chi connectivity index (χ1) is 14.3. The maximum atomic E-state index is 12.5. The number of hydroxylamine groups is 2. The molecule has 1 fully saturated rings. The zero-order valence-electron chi connectivity index (χ0n) is 16.3. The van der Waals surface area contributed by atoms with Gasteiger partial charge in [0.1, 0.15) is 6.04 Å². The average molecular weight is 408 g/mol. The van der Waals surface area contributed by atoms with Gasteiger partial charge in [-0.2, -0.15) is 0 Å². The topological polar surface area (TPSA) is 110 Å². The first-order valence-electron chi connectivity index (χ1n) is 9.38. The van der Waals surface area contributed by atoms with Gasteiger partial charge in [-0.25, -0.2) is 4.79 Å². The molecule has 0 bridgehead atoms. The maximum Gasteiger partial charge on any atom is 0.355 e. The number of ketones is 1. The predicted molar refractivity (Wildman–Crippen MR) is 105 cm³/mol. The van der Waals surface area contributed by atoms with Crippen molar-refractivity contribution in [3.8, 4) is 0 Å². The molecule has 0 saturated carbocycles. The summed E-state index contributed by atoms with van der Waals surface area (Å²) in [6.45, 7) is 1.24. The van der Waals surface area contributed by atoms with Gasteiger partial charge in [0.05, 0.1) is 0 Å². The summed E-state index contributed by atoms with van der Waals surface area (Å²) in [5.74, 6) is -2.71. The van der Waals surface area contributed by atoms with Crippen molar-refractivity contribution in [3.05, 3.63) is 71.3 Å². The molecule has 8 heteroatoms. The minimum Gasteiger partial charge on any atom is -0.343 e. The Hall–Kier alpha value is -3.81. The van der Waals surface area contributed by atoms with E-state index >= 15 is 0 Å². The molecule has 2 aromatic rings. The van der Waals surface area contributed by atoms with Crippen LogP contribution < -0.4 is 5.32 Å². The average Bonchev–Trinajstić information content (AvgIpc) is 3.05. The fourth-order valence-electron chi connectivity index (χ4n) is 3.03. The molecule has 1 heterocycles. The summed E-state index contributed by atoms with van der Waals surface area (Å²) in [6, 6.07) is 14.3. The molecule has 0 spiro atoms. The quantitative estimate of drug-likeness (QED) is 0.550. The molecule has 8 nitrogen and oxygen atoms in total. The van der Waals surface area contributed by atoms with E-state index < -0.39 is 29.7 Å². The van der Waals surface area contributed by atoms with Gasteiger partial charge < -0.3 is 10.2 Å². The second-order valence-electron chi connectivity index (χ2n) is 6.84. The molecule has 1 saturated heterocycles. The summed E-state index contributed by atoms with van der Waals surface area (Å²) in [6.07, 6.45) is 0.0239. The van der Waals surface area contributed by atoms with Crippen LogP contribution in [-0.2, 0) is 30.4 Å². The van der Waals surface area contributed by atoms with Crippen LogP contribution in [0.25, 0.3) is 0 Å². The smallest absolute Gasteiger partial charge is 0.343 e. The van der Waals surface area contributed by atoms with E-state index in [1.165, 1.54) is 6.92 Å². The van der Waals surface area contributed by atoms with Gasteiger partial charge in [0, 0.05) is 37.3 Å². The van der Waals surface area contributed by atoms with E-state index in [1.54, 1.807) is 48.5 Å². The molecule has 3 rings (SSSR count). The number of amides is 3. The number of carbonyl (C=O) groups excluding carboxylic acids is 5. The van der Waals surface area contributed by atoms with Gasteiger partial charge in [0.25, 0.3) is 11.8 Å². The summed E-state index contributed by atoms with van der Waals surface area (Å²) in [7, 11) is 0. The summed E-state index contributed by atoms with van der Waals surface area (Å²) in [5.41, 5.74) is 1.70. The van der Waals surface area contributed by atoms with E-state index in [-0.39, 0.29) is 25.0 Å². The Morgan fingerprint density at radius 3 is 2.07 bits per heavy atom. The van der Waals surface area contributed by atoms with Crippen molar-refractivity contribution in [1.29, 1.82) is 0 Å². The fourth-order valence-corrected chi connectivity index (χ4v) is 3.03. The van der Waals surface area contributed by atoms with Gasteiger partial charge in [-0.1, -0.05) is 54.6 Å². The number of hydrogen-bond acceptors (Lipinski definition) is 6. The monoisotopic (exact) mass is 408 g/mol. The van der Waals surface area contributed by atoms with E-state index in [4.69, 9.17) is 4.84 Å². The Labute approximate surface area is 172 Å². The number of rotatable bonds is 7. The van der Waals surface area contributed by atoms with Crippen LogP contribution in [0.1, 0.15) is 41.3 Å². The molecule has 3 amide bonds. The predicted octanol–water partition coefficient (Wildman–Crippen LogP) is 1.57. The molecule has 0 aliphatic carbocycles. The molecule has 30 heavy (non-hydrogen) atoms. The molecule has 0 aromatic heterocycles. The number of nitrogens with zero attached hydrogens (tertiary/aromatic N) is 1. The van der Waals surface area contributed by atoms with Crippen LogP contribution in [0.4, 0.5) is 0 Å². The molecule has 1 atom stereocenters. The molecule has 1 aliphatic rings. The lowest BCUT2D eigenvalue weighted by molar-refractivity contribution is -0.199. The largest absolute Gasteiger partial charge is 0.355 e. The molecule has 154 valence electrons. The first-order valence-corrected chi connectivity index (χ1v) is 9.38. The van der Waals surface area contributed by atoms with Crippen molar-refractivity contribution in [2.45, 2.75) is 32.2 Å². The lowest BCUT2D eigenvalue weighted by Gasteiger charge is -2.19. The van der Waals surface area contributed by atoms with Crippen molar-refractivity contribution >= 4 is 29.5 Å². The highest BCUT2D eigenvalue weighted by molar-refractivity contribution is 6.09. The number of hydrogen-bond donors (Lipinski definition) is 1. The molecule has 1 aliphatic heterocycles. The molecule has 1 unspecified atom stereocenters. The summed E-state index contributed by atoms with van der Waals surface area (Å²) < 4.78 is 0. The van der Waals surface area contributed by atoms with Crippen LogP contribution in [0.3, 0.4) is 0 Å². The highest BCUT2D eigenvalue weighted by atomic mass is 16.7. The maximum absolute atomic E-state index is 12.5. The SMILES string of the molecule is CC(=O)NC(Cc1ccc(C(=O)c2ccccc2)cc1)C(=O)ON1C(=O)CCC1=O. The van der Waals surface area contributed by atoms with E-state index in [0.29, 0.717) is 21.8 Å². The third-order valence-electron chi connectivity index (χ3n) is 4.54. The number of benzene rings is 2. The number of imide groups is 1. The van der Waals surface area contributed by atoms with E-state index in [2.05, 4.69) is 5.32 Å². The summed E-state index contributed by atoms with van der Waals surface area (Å²) in [5, 5.41) is 2.91. The minimum absolute atomic E-state index is 0.0200. The third-order valence-corrected chi connectivity index (χ3v) is 4.54. The number of carbonyl (C=O) groups is 5. The lowest BCUT2D eigenvalue weighted by Crippen LogP contribution is -2.45. The fraction of sp³-hybridized carbons (Fsp3) is 0.227. The lowest BCUT2D eigenvalue weighted by atomic mass is 9.99. The molecular weight excluding hydrogens is 388 g/mol. The van der Waals surface area contributed by atoms with Crippen molar-refractivity contribution < 1.29 is 28.8 Å². The molecule has 2 aromatic carbocycles. The Bertz CT molecular complexity index is 968. The van der Waals surface area contributed by atoms with E-state index in [9.17, 15) is 24.0 Å². The van der Waals surface area contributed by atoms with Gasteiger partial charge in [-0.3, -0.25) is 19.2 Å². The Morgan fingerprint density at radius 1 is 0.933 bits per heavy atom. The van der Waals surface area contributed by atoms with Crippen LogP contribution in [0.2, 0.25) is 0 Å². The molecule has 0 radical (unpaired) electrons. The Balaban J connectivity index is 1.71. The van der Waals surface area contributed by atoms with Crippen molar-refractivity contribution in [2.24, 2.45) is 0 Å². The number of nitrogens with one attached hydrogen (secondary N) is 1. The van der Waals surface area contributed by atoms with Crippen molar-refractivity contribution in [2.75, 3.05) is 0 Å². The standard InChI is InChI=1S/C22H20N2O6/c1-14(25)23-18(22(29)30-24-19(26)11-12-20(24)27)13-15-7-9-17(10-8-15)21(28)16-5-3-2-4-6-16/h2-10,18H,11-13H2,1H3,(H,23,25). The zero-order chi connectivity index (χ0) is 21.7. The Kier molecular flexibility index (Phi) is 6.36. The van der Waals surface area contributed by atoms with Crippen LogP contribution in [0, 0.1) is 0 Å². The van der Waals surface area contributed by atoms with Crippen LogP contribution >= 0.6 is 0 Å². The van der Waals surface area contributed by atoms with E-state index in [1.807, 2.05) is 6.07 Å². The zero-order valence-corrected chi connectivity index (χ0v) is 16.3.